The molecule has 0 radical (unpaired) electrons. The molecule has 0 spiro atoms. The van der Waals surface area contributed by atoms with Gasteiger partial charge in [-0.3, -0.25) is 0 Å². The summed E-state index contributed by atoms with van der Waals surface area (Å²) in [6.45, 7) is 0. The largest absolute Gasteiger partial charge is 0.464 e. The first-order valence-electron chi connectivity index (χ1n) is 3.09. The van der Waals surface area contributed by atoms with Crippen LogP contribution in [0.1, 0.15) is 21.1 Å². The second-order valence-corrected chi connectivity index (χ2v) is 3.36. The molecule has 0 saturated heterocycles. The van der Waals surface area contributed by atoms with Crippen LogP contribution in [-0.4, -0.2) is 18.1 Å². The van der Waals surface area contributed by atoms with Crippen molar-refractivity contribution in [3.63, 3.8) is 0 Å². The van der Waals surface area contributed by atoms with E-state index in [9.17, 15) is 13.6 Å². The maximum absolute atomic E-state index is 12.1. The number of hydrogen-bond acceptors (Lipinski definition) is 4. The van der Waals surface area contributed by atoms with Gasteiger partial charge in [0.15, 0.2) is 0 Å². The fourth-order valence-corrected chi connectivity index (χ4v) is 1.69. The topological polar surface area (TPSA) is 39.2 Å². The van der Waals surface area contributed by atoms with E-state index in [1.165, 1.54) is 0 Å². The average Bonchev–Trinajstić information content (AvgIpc) is 2.46. The highest BCUT2D eigenvalue weighted by Gasteiger charge is 2.21. The van der Waals surface area contributed by atoms with E-state index in [0.29, 0.717) is 11.3 Å². The van der Waals surface area contributed by atoms with Gasteiger partial charge in [-0.15, -0.1) is 11.3 Å². The molecule has 7 heteroatoms. The minimum absolute atomic E-state index is 0.164. The van der Waals surface area contributed by atoms with Gasteiger partial charge in [0.2, 0.25) is 5.01 Å². The predicted octanol–water partition coefficient (Wildman–Crippen LogP) is 2.52. The third-order valence-corrected chi connectivity index (χ3v) is 2.61. The molecule has 1 rings (SSSR count). The number of ether oxygens (including phenoxy) is 1. The lowest BCUT2D eigenvalue weighted by Gasteiger charge is -1.91. The van der Waals surface area contributed by atoms with Gasteiger partial charge in [-0.2, -0.15) is 0 Å². The number of methoxy groups -OCH3 is 1. The van der Waals surface area contributed by atoms with Crippen LogP contribution in [0.5, 0.6) is 0 Å². The molecule has 0 aromatic carbocycles. The Balaban J connectivity index is 3.02. The lowest BCUT2D eigenvalue weighted by Crippen LogP contribution is -1.99. The zero-order valence-electron chi connectivity index (χ0n) is 6.38. The van der Waals surface area contributed by atoms with Crippen LogP contribution in [0.3, 0.4) is 0 Å². The highest BCUT2D eigenvalue weighted by molar-refractivity contribution is 7.14. The van der Waals surface area contributed by atoms with Crippen LogP contribution in [0.25, 0.3) is 0 Å². The summed E-state index contributed by atoms with van der Waals surface area (Å²) in [6, 6.07) is 0. The third kappa shape index (κ3) is 2.13. The summed E-state index contributed by atoms with van der Waals surface area (Å²) >= 11 is 5.89. The van der Waals surface area contributed by atoms with E-state index in [0.717, 1.165) is 7.11 Å². The second-order valence-electron chi connectivity index (χ2n) is 1.97. The van der Waals surface area contributed by atoms with Crippen LogP contribution >= 0.6 is 22.9 Å². The van der Waals surface area contributed by atoms with Crippen molar-refractivity contribution in [2.45, 2.75) is 6.43 Å². The number of nitrogens with zero attached hydrogens (tertiary/aromatic N) is 1. The lowest BCUT2D eigenvalue weighted by atomic mass is 10.6. The van der Waals surface area contributed by atoms with E-state index in [4.69, 9.17) is 11.6 Å². The Bertz CT molecular complexity index is 328. The predicted molar refractivity (Wildman–Crippen MR) is 43.4 cm³/mol. The molecule has 1 heterocycles. The number of thiazole rings is 1. The highest BCUT2D eigenvalue weighted by atomic mass is 35.5. The van der Waals surface area contributed by atoms with Crippen molar-refractivity contribution in [3.05, 3.63) is 15.0 Å². The Morgan fingerprint density at radius 2 is 2.31 bits per heavy atom. The van der Waals surface area contributed by atoms with E-state index >= 15 is 0 Å². The number of carbonyl (C=O) groups excluding carboxylic acids is 1. The van der Waals surface area contributed by atoms with Crippen molar-refractivity contribution < 1.29 is 18.3 Å². The number of hydrogen-bond donors (Lipinski definition) is 0. The molecule has 3 nitrogen and oxygen atoms in total. The van der Waals surface area contributed by atoms with Crippen molar-refractivity contribution >= 4 is 28.9 Å². The van der Waals surface area contributed by atoms with Crippen LogP contribution in [0, 0.1) is 0 Å². The van der Waals surface area contributed by atoms with Gasteiger partial charge in [0.25, 0.3) is 6.43 Å². The fourth-order valence-electron chi connectivity index (χ4n) is 0.623. The van der Waals surface area contributed by atoms with Crippen LogP contribution in [0.2, 0.25) is 5.15 Å². The first kappa shape index (κ1) is 10.3. The molecule has 0 fully saturated rings. The van der Waals surface area contributed by atoms with Crippen LogP contribution in [0.4, 0.5) is 8.78 Å². The summed E-state index contributed by atoms with van der Waals surface area (Å²) in [5.41, 5.74) is 0. The van der Waals surface area contributed by atoms with Crippen molar-refractivity contribution in [2.24, 2.45) is 0 Å². The standard InChI is InChI=1S/C6H4ClF2NO2S/c1-12-6(11)5-10-3(7)2(13-5)4(8)9/h4H,1H3. The molecule has 1 aromatic heterocycles. The van der Waals surface area contributed by atoms with Crippen LogP contribution < -0.4 is 0 Å². The third-order valence-electron chi connectivity index (χ3n) is 1.17. The molecule has 0 bridgehead atoms. The number of rotatable bonds is 2. The van der Waals surface area contributed by atoms with Crippen molar-refractivity contribution in [2.75, 3.05) is 7.11 Å². The minimum Gasteiger partial charge on any atom is -0.464 e. The van der Waals surface area contributed by atoms with E-state index in [1.54, 1.807) is 0 Å². The smallest absolute Gasteiger partial charge is 0.367 e. The van der Waals surface area contributed by atoms with Gasteiger partial charge in [0.05, 0.1) is 7.11 Å². The summed E-state index contributed by atoms with van der Waals surface area (Å²) < 4.78 is 28.6. The van der Waals surface area contributed by atoms with Crippen molar-refractivity contribution in [1.29, 1.82) is 0 Å². The van der Waals surface area contributed by atoms with Gasteiger partial charge in [0, 0.05) is 0 Å². The van der Waals surface area contributed by atoms with Crippen LogP contribution in [0.15, 0.2) is 0 Å². The van der Waals surface area contributed by atoms with Gasteiger partial charge in [-0.1, -0.05) is 11.6 Å². The Labute approximate surface area is 81.3 Å². The highest BCUT2D eigenvalue weighted by Crippen LogP contribution is 2.32. The Morgan fingerprint density at radius 3 is 2.69 bits per heavy atom. The maximum atomic E-state index is 12.1. The Hall–Kier alpha value is -0.750. The van der Waals surface area contributed by atoms with E-state index < -0.39 is 17.3 Å². The van der Waals surface area contributed by atoms with Crippen molar-refractivity contribution in [1.82, 2.24) is 4.98 Å². The van der Waals surface area contributed by atoms with Gasteiger partial charge >= 0.3 is 5.97 Å². The molecular formula is C6H4ClF2NO2S. The molecule has 0 aliphatic heterocycles. The van der Waals surface area contributed by atoms with E-state index in [1.807, 2.05) is 0 Å². The first-order chi connectivity index (χ1) is 6.06. The number of carbonyl (C=O) groups is 1. The molecule has 0 N–H and O–H groups in total. The summed E-state index contributed by atoms with van der Waals surface area (Å²) in [7, 11) is 1.14. The molecule has 1 aromatic rings. The van der Waals surface area contributed by atoms with Gasteiger partial charge in [-0.05, 0) is 0 Å². The molecule has 0 aliphatic rings. The SMILES string of the molecule is COC(=O)c1nc(Cl)c(C(F)F)s1. The molecule has 0 atom stereocenters. The summed E-state index contributed by atoms with van der Waals surface area (Å²) in [6.07, 6.45) is -2.72. The molecule has 0 unspecified atom stereocenters. The first-order valence-corrected chi connectivity index (χ1v) is 4.28. The molecule has 0 aliphatic carbocycles. The summed E-state index contributed by atoms with van der Waals surface area (Å²) in [5, 5.41) is -0.511. The molecule has 13 heavy (non-hydrogen) atoms. The molecular weight excluding hydrogens is 224 g/mol. The Kier molecular flexibility index (Phi) is 3.16. The average molecular weight is 228 g/mol. The normalized spacial score (nSPS) is 10.5. The quantitative estimate of drug-likeness (QED) is 0.729. The summed E-state index contributed by atoms with van der Waals surface area (Å²) in [5.74, 6) is -0.765. The minimum atomic E-state index is -2.72. The molecule has 0 amide bonds. The van der Waals surface area contributed by atoms with E-state index in [-0.39, 0.29) is 10.2 Å². The van der Waals surface area contributed by atoms with E-state index in [2.05, 4.69) is 9.72 Å². The molecule has 72 valence electrons. The van der Waals surface area contributed by atoms with Gasteiger partial charge < -0.3 is 4.74 Å². The lowest BCUT2D eigenvalue weighted by molar-refractivity contribution is 0.0600. The Morgan fingerprint density at radius 1 is 1.69 bits per heavy atom. The van der Waals surface area contributed by atoms with Gasteiger partial charge in [0.1, 0.15) is 10.0 Å². The molecule has 0 saturated carbocycles. The number of aromatic nitrogens is 1. The number of halogens is 3. The fraction of sp³-hybridized carbons (Fsp3) is 0.333. The zero-order valence-corrected chi connectivity index (χ0v) is 7.96. The number of esters is 1. The monoisotopic (exact) mass is 227 g/mol. The summed E-state index contributed by atoms with van der Waals surface area (Å²) in [4.78, 5) is 13.8. The number of alkyl halides is 2. The second kappa shape index (κ2) is 3.97. The zero-order chi connectivity index (χ0) is 10.0. The van der Waals surface area contributed by atoms with Gasteiger partial charge in [-0.25, -0.2) is 18.6 Å². The van der Waals surface area contributed by atoms with Crippen LogP contribution in [-0.2, 0) is 4.74 Å². The van der Waals surface area contributed by atoms with Crippen molar-refractivity contribution in [3.8, 4) is 0 Å². The maximum Gasteiger partial charge on any atom is 0.367 e.